The largest absolute Gasteiger partial charge is 1.00 e. The van der Waals surface area contributed by atoms with Gasteiger partial charge in [0.05, 0.1) is 0 Å². The van der Waals surface area contributed by atoms with Gasteiger partial charge in [0.2, 0.25) is 0 Å². The van der Waals surface area contributed by atoms with Crippen molar-refractivity contribution in [2.45, 2.75) is 0 Å². The van der Waals surface area contributed by atoms with Crippen molar-refractivity contribution < 1.29 is 0 Å². The summed E-state index contributed by atoms with van der Waals surface area (Å²) in [5.74, 6) is 0. The SMILES string of the molecule is [SH-].[SH-].[SH-].[SH-].[S]1[Ge]2[S][Ge]3[S][Ge]1[S][Ge]([S]2)[S]3.[Tl+].[Tl+].[Tl+].[Tl+]. The van der Waals surface area contributed by atoms with E-state index < -0.39 is 43.7 Å². The van der Waals surface area contributed by atoms with Gasteiger partial charge in [0.1, 0.15) is 0 Å². The standard InChI is InChI=1S/Ge4S6.4H2S.4Tl/c5-1-6-3-8-2(5)9-4(7-1)10-3;;;;;;;;/h;4*1H2;;;;/q;;;;;4*+1/p-4. The summed E-state index contributed by atoms with van der Waals surface area (Å²) < 4.78 is 0. The summed E-state index contributed by atoms with van der Waals surface area (Å²) in [5.41, 5.74) is 0. The Kier molecular flexibility index (Phi) is 52.4. The minimum absolute atomic E-state index is 0. The van der Waals surface area contributed by atoms with Crippen LogP contribution in [0.2, 0.25) is 0 Å². The number of thiol groups is 4. The first-order chi connectivity index (χ1) is 4.90. The first-order valence-electron chi connectivity index (χ1n) is 2.45. The minimum atomic E-state index is -0.427. The van der Waals surface area contributed by atoms with Crippen LogP contribution in [0.3, 0.4) is 0 Å². The van der Waals surface area contributed by atoms with Crippen LogP contribution in [0.25, 0.3) is 0 Å². The fraction of sp³-hybridized carbons (Fsp3) is 0. The summed E-state index contributed by atoms with van der Waals surface area (Å²) in [6, 6.07) is 0. The second-order valence-electron chi connectivity index (χ2n) is 1.61. The van der Waals surface area contributed by atoms with Crippen LogP contribution in [0.1, 0.15) is 0 Å². The zero-order valence-corrected chi connectivity index (χ0v) is 43.4. The van der Waals surface area contributed by atoms with Gasteiger partial charge in [-0.1, -0.05) is 0 Å². The average Bonchev–Trinajstić information content (AvgIpc) is 1.82. The molecule has 0 saturated carbocycles. The molecule has 4 radical (unpaired) electrons. The molecule has 4 bridgehead atoms. The molecule has 0 atom stereocenters. The van der Waals surface area contributed by atoms with Gasteiger partial charge in [-0.2, -0.15) is 0 Å². The van der Waals surface area contributed by atoms with Crippen molar-refractivity contribution in [3.05, 3.63) is 0 Å². The van der Waals surface area contributed by atoms with Crippen molar-refractivity contribution in [3.63, 3.8) is 0 Å². The predicted molar refractivity (Wildman–Crippen MR) is 127 cm³/mol. The van der Waals surface area contributed by atoms with Gasteiger partial charge < -0.3 is 54.0 Å². The third-order valence-corrected chi connectivity index (χ3v) is 243. The molecule has 4 aliphatic rings. The van der Waals surface area contributed by atoms with Crippen molar-refractivity contribution in [2.24, 2.45) is 0 Å². The van der Waals surface area contributed by atoms with E-state index in [1.807, 2.05) is 0 Å². The topological polar surface area (TPSA) is 0 Å². The Bertz CT molecular complexity index is 117. The first-order valence-corrected chi connectivity index (χ1v) is 38.2. The Morgan fingerprint density at radius 2 is 0.444 bits per heavy atom. The van der Waals surface area contributed by atoms with Crippen LogP contribution in [-0.4, -0.2) is 153 Å². The molecular formula is H4Ge4S10Tl4. The molecule has 4 rings (SSSR count). The van der Waals surface area contributed by atoms with Crippen LogP contribution >= 0.6 is 50.5 Å². The second kappa shape index (κ2) is 22.6. The third-order valence-electron chi connectivity index (χ3n) is 1.000. The molecule has 0 aliphatic carbocycles. The van der Waals surface area contributed by atoms with E-state index in [0.717, 1.165) is 0 Å². The zero-order valence-electron chi connectivity index (χ0n) is 8.55. The Labute approximate surface area is 250 Å². The van der Waals surface area contributed by atoms with E-state index in [1.165, 1.54) is 0 Å². The summed E-state index contributed by atoms with van der Waals surface area (Å²) in [5, 5.41) is 0. The van der Waals surface area contributed by atoms with Crippen molar-refractivity contribution in [1.82, 2.24) is 0 Å². The molecule has 0 spiro atoms. The molecule has 4 saturated heterocycles. The molecule has 0 aromatic carbocycles. The van der Waals surface area contributed by atoms with Gasteiger partial charge in [-0.05, 0) is 0 Å². The summed E-state index contributed by atoms with van der Waals surface area (Å²) >= 11 is 0. The fourth-order valence-electron chi connectivity index (χ4n) is 0.658. The smallest absolute Gasteiger partial charge is 1.00 e. The van der Waals surface area contributed by atoms with Gasteiger partial charge >= 0.3 is 203 Å². The zero-order chi connectivity index (χ0) is 6.55. The van der Waals surface area contributed by atoms with E-state index in [0.29, 0.717) is 0 Å². The third kappa shape index (κ3) is 13.5. The molecular weight excluding hydrogens is 1430 g/mol. The summed E-state index contributed by atoms with van der Waals surface area (Å²) in [6.45, 7) is 0. The van der Waals surface area contributed by atoms with Crippen molar-refractivity contribution >= 4 is 257 Å². The van der Waals surface area contributed by atoms with Crippen LogP contribution in [0.15, 0.2) is 0 Å². The van der Waals surface area contributed by atoms with Gasteiger partial charge in [0.15, 0.2) is 0 Å². The quantitative estimate of drug-likeness (QED) is 0.181. The van der Waals surface area contributed by atoms with Gasteiger partial charge in [0.25, 0.3) is 0 Å². The molecule has 92 valence electrons. The molecule has 18 heavy (non-hydrogen) atoms. The fourth-order valence-corrected chi connectivity index (χ4v) is 613. The van der Waals surface area contributed by atoms with Crippen LogP contribution < -0.4 is 0 Å². The maximum absolute atomic E-state index is 2.56. The molecule has 0 aromatic heterocycles. The molecule has 4 heterocycles. The molecule has 0 amide bonds. The molecule has 4 aliphatic heterocycles. The molecule has 0 unspecified atom stereocenters. The summed E-state index contributed by atoms with van der Waals surface area (Å²) in [4.78, 5) is 0. The van der Waals surface area contributed by atoms with Crippen LogP contribution in [0.4, 0.5) is 0 Å². The van der Waals surface area contributed by atoms with E-state index in [9.17, 15) is 0 Å². The summed E-state index contributed by atoms with van der Waals surface area (Å²) in [7, 11) is 13.7. The van der Waals surface area contributed by atoms with Gasteiger partial charge in [-0.25, -0.2) is 0 Å². The number of hydrogen-bond donors (Lipinski definition) is 0. The molecule has 0 nitrogen and oxygen atoms in total. The number of hydrogen-bond acceptors (Lipinski definition) is 10. The normalized spacial score (nSPS) is 20.0. The molecule has 18 heteroatoms. The first kappa shape index (κ1) is 41.7. The molecule has 4 fully saturated rings. The van der Waals surface area contributed by atoms with Crippen LogP contribution in [0, 0.1) is 0 Å². The van der Waals surface area contributed by atoms with E-state index in [1.54, 1.807) is 0 Å². The van der Waals surface area contributed by atoms with E-state index in [2.05, 4.69) is 50.5 Å². The maximum Gasteiger partial charge on any atom is 1.00 e. The van der Waals surface area contributed by atoms with Crippen molar-refractivity contribution in [3.8, 4) is 0 Å². The van der Waals surface area contributed by atoms with Crippen molar-refractivity contribution in [2.75, 3.05) is 0 Å². The Morgan fingerprint density at radius 3 is 0.556 bits per heavy atom. The summed E-state index contributed by atoms with van der Waals surface area (Å²) in [6.07, 6.45) is 0. The van der Waals surface area contributed by atoms with Gasteiger partial charge in [-0.15, -0.1) is 0 Å². The minimum Gasteiger partial charge on any atom is 1.00 e. The number of rotatable bonds is 0. The van der Waals surface area contributed by atoms with E-state index in [4.69, 9.17) is 0 Å². The molecule has 0 aromatic rings. The van der Waals surface area contributed by atoms with Crippen LogP contribution in [0.5, 0.6) is 0 Å². The predicted octanol–water partition coefficient (Wildman–Crippen LogP) is -0.238. The maximum atomic E-state index is 2.56. The molecule has 0 N–H and O–H groups in total. The Morgan fingerprint density at radius 1 is 0.333 bits per heavy atom. The van der Waals surface area contributed by atoms with Crippen LogP contribution in [-0.2, 0) is 54.0 Å². The average molecular weight is 1430 g/mol. The van der Waals surface area contributed by atoms with E-state index in [-0.39, 0.29) is 163 Å². The monoisotopic (exact) mass is 1440 g/mol. The van der Waals surface area contributed by atoms with Gasteiger partial charge in [-0.3, -0.25) is 0 Å². The van der Waals surface area contributed by atoms with E-state index >= 15 is 0 Å². The Balaban J connectivity index is -0.0000000450. The second-order valence-corrected chi connectivity index (χ2v) is 96.4. The Hall–Kier alpha value is 9.36. The van der Waals surface area contributed by atoms with Gasteiger partial charge in [0, 0.05) is 0 Å². The van der Waals surface area contributed by atoms with Crippen molar-refractivity contribution in [1.29, 1.82) is 0 Å².